The highest BCUT2D eigenvalue weighted by molar-refractivity contribution is 5.87. The maximum absolute atomic E-state index is 10.8. The van der Waals surface area contributed by atoms with Crippen LogP contribution in [0.2, 0.25) is 0 Å². The number of carbonyl (C=O) groups is 1. The summed E-state index contributed by atoms with van der Waals surface area (Å²) in [5.41, 5.74) is 1.43. The lowest BCUT2D eigenvalue weighted by Gasteiger charge is -2.17. The van der Waals surface area contributed by atoms with E-state index < -0.39 is 5.97 Å². The Morgan fingerprint density at radius 2 is 1.77 bits per heavy atom. The van der Waals surface area contributed by atoms with Crippen molar-refractivity contribution in [3.8, 4) is 5.75 Å². The quantitative estimate of drug-likeness (QED) is 0.760. The summed E-state index contributed by atoms with van der Waals surface area (Å²) in [6.07, 6.45) is 0.943. The zero-order valence-corrected chi connectivity index (χ0v) is 12.7. The van der Waals surface area contributed by atoms with Gasteiger partial charge in [0, 0.05) is 13.1 Å². The molecule has 0 bridgehead atoms. The molecule has 4 nitrogen and oxygen atoms in total. The normalized spacial score (nSPS) is 10.6. The third-order valence-electron chi connectivity index (χ3n) is 3.35. The topological polar surface area (TPSA) is 49.8 Å². The second kappa shape index (κ2) is 8.20. The van der Waals surface area contributed by atoms with E-state index in [4.69, 9.17) is 9.84 Å². The molecular formula is C18H21NO3. The number of nitrogens with zero attached hydrogens (tertiary/aromatic N) is 1. The molecule has 0 unspecified atom stereocenters. The molecule has 0 aliphatic heterocycles. The molecule has 2 rings (SSSR count). The summed E-state index contributed by atoms with van der Waals surface area (Å²) in [6.45, 7) is 2.41. The minimum Gasteiger partial charge on any atom is -0.494 e. The maximum atomic E-state index is 10.8. The molecular weight excluding hydrogens is 278 g/mol. The average Bonchev–Trinajstić information content (AvgIpc) is 2.53. The van der Waals surface area contributed by atoms with Crippen LogP contribution in [0.3, 0.4) is 0 Å². The van der Waals surface area contributed by atoms with Gasteiger partial charge in [-0.15, -0.1) is 0 Å². The molecule has 4 heteroatoms. The van der Waals surface area contributed by atoms with Gasteiger partial charge >= 0.3 is 5.97 Å². The van der Waals surface area contributed by atoms with Gasteiger partial charge in [0.1, 0.15) is 5.75 Å². The van der Waals surface area contributed by atoms with E-state index in [1.54, 1.807) is 12.1 Å². The minimum atomic E-state index is -0.891. The summed E-state index contributed by atoms with van der Waals surface area (Å²) >= 11 is 0. The fraction of sp³-hybridized carbons (Fsp3) is 0.278. The molecule has 0 aliphatic carbocycles. The zero-order valence-electron chi connectivity index (χ0n) is 12.7. The van der Waals surface area contributed by atoms with Gasteiger partial charge in [-0.3, -0.25) is 0 Å². The van der Waals surface area contributed by atoms with Crippen molar-refractivity contribution in [1.82, 2.24) is 4.90 Å². The third kappa shape index (κ3) is 5.22. The lowest BCUT2D eigenvalue weighted by atomic mass is 10.1. The summed E-state index contributed by atoms with van der Waals surface area (Å²) in [5.74, 6) is 0.00683. The maximum Gasteiger partial charge on any atom is 0.335 e. The number of benzene rings is 2. The Morgan fingerprint density at radius 3 is 2.41 bits per heavy atom. The summed E-state index contributed by atoms with van der Waals surface area (Å²) in [6, 6.07) is 16.8. The van der Waals surface area contributed by atoms with Crippen molar-refractivity contribution >= 4 is 5.97 Å². The predicted octanol–water partition coefficient (Wildman–Crippen LogP) is 3.29. The molecule has 0 fully saturated rings. The van der Waals surface area contributed by atoms with Crippen LogP contribution in [0.4, 0.5) is 0 Å². The average molecular weight is 299 g/mol. The van der Waals surface area contributed by atoms with Crippen LogP contribution < -0.4 is 4.74 Å². The molecule has 0 radical (unpaired) electrons. The number of rotatable bonds is 8. The van der Waals surface area contributed by atoms with Gasteiger partial charge in [-0.05, 0) is 43.3 Å². The van der Waals surface area contributed by atoms with E-state index in [0.29, 0.717) is 12.2 Å². The van der Waals surface area contributed by atoms with E-state index in [1.807, 2.05) is 49.5 Å². The van der Waals surface area contributed by atoms with Gasteiger partial charge in [0.25, 0.3) is 0 Å². The predicted molar refractivity (Wildman–Crippen MR) is 86.3 cm³/mol. The molecule has 0 saturated heterocycles. The van der Waals surface area contributed by atoms with Crippen LogP contribution >= 0.6 is 0 Å². The molecule has 0 aliphatic rings. The van der Waals surface area contributed by atoms with Crippen LogP contribution in [0.5, 0.6) is 5.75 Å². The first-order valence-corrected chi connectivity index (χ1v) is 7.34. The Hall–Kier alpha value is -2.33. The van der Waals surface area contributed by atoms with Gasteiger partial charge in [-0.2, -0.15) is 0 Å². The highest BCUT2D eigenvalue weighted by Gasteiger charge is 2.04. The zero-order chi connectivity index (χ0) is 15.8. The van der Waals surface area contributed by atoms with E-state index in [2.05, 4.69) is 4.90 Å². The molecule has 0 amide bonds. The van der Waals surface area contributed by atoms with Gasteiger partial charge < -0.3 is 14.7 Å². The first kappa shape index (κ1) is 16.0. The van der Waals surface area contributed by atoms with Gasteiger partial charge in [-0.25, -0.2) is 4.79 Å². The molecule has 0 atom stereocenters. The van der Waals surface area contributed by atoms with E-state index in [1.165, 1.54) is 0 Å². The van der Waals surface area contributed by atoms with E-state index in [0.717, 1.165) is 30.8 Å². The molecule has 22 heavy (non-hydrogen) atoms. The Labute approximate surface area is 131 Å². The van der Waals surface area contributed by atoms with Gasteiger partial charge in [0.15, 0.2) is 0 Å². The first-order chi connectivity index (χ1) is 10.6. The minimum absolute atomic E-state index is 0.322. The summed E-state index contributed by atoms with van der Waals surface area (Å²) < 4.78 is 5.66. The van der Waals surface area contributed by atoms with Gasteiger partial charge in [-0.1, -0.05) is 30.3 Å². The second-order valence-corrected chi connectivity index (χ2v) is 5.25. The highest BCUT2D eigenvalue weighted by Crippen LogP contribution is 2.09. The number of aromatic carboxylic acids is 1. The van der Waals surface area contributed by atoms with Crippen LogP contribution in [0.1, 0.15) is 22.3 Å². The highest BCUT2D eigenvalue weighted by atomic mass is 16.5. The Bertz CT molecular complexity index is 581. The summed E-state index contributed by atoms with van der Waals surface area (Å²) in [5, 5.41) is 8.87. The molecule has 2 aromatic carbocycles. The largest absolute Gasteiger partial charge is 0.494 e. The fourth-order valence-electron chi connectivity index (χ4n) is 2.18. The van der Waals surface area contributed by atoms with Crippen molar-refractivity contribution in [2.24, 2.45) is 0 Å². The molecule has 116 valence electrons. The van der Waals surface area contributed by atoms with E-state index in [9.17, 15) is 4.79 Å². The molecule has 0 heterocycles. The summed E-state index contributed by atoms with van der Waals surface area (Å²) in [4.78, 5) is 13.0. The number of hydrogen-bond acceptors (Lipinski definition) is 3. The monoisotopic (exact) mass is 299 g/mol. The standard InChI is InChI=1S/C18H21NO3/c1-19(12-5-13-22-17-6-3-2-4-7-17)14-15-8-10-16(11-9-15)18(20)21/h2-4,6-11H,5,12-14H2,1H3,(H,20,21). The lowest BCUT2D eigenvalue weighted by molar-refractivity contribution is 0.0697. The van der Waals surface area contributed by atoms with Crippen molar-refractivity contribution in [3.63, 3.8) is 0 Å². The van der Waals surface area contributed by atoms with E-state index >= 15 is 0 Å². The Kier molecular flexibility index (Phi) is 5.98. The van der Waals surface area contributed by atoms with Gasteiger partial charge in [0.05, 0.1) is 12.2 Å². The fourth-order valence-corrected chi connectivity index (χ4v) is 2.18. The number of carboxylic acids is 1. The van der Waals surface area contributed by atoms with Crippen molar-refractivity contribution in [3.05, 3.63) is 65.7 Å². The second-order valence-electron chi connectivity index (χ2n) is 5.25. The van der Waals surface area contributed by atoms with E-state index in [-0.39, 0.29) is 0 Å². The molecule has 1 N–H and O–H groups in total. The summed E-state index contributed by atoms with van der Waals surface area (Å²) in [7, 11) is 2.05. The third-order valence-corrected chi connectivity index (χ3v) is 3.35. The van der Waals surface area contributed by atoms with Crippen LogP contribution in [0, 0.1) is 0 Å². The molecule has 0 spiro atoms. The van der Waals surface area contributed by atoms with Crippen LogP contribution in [0.25, 0.3) is 0 Å². The van der Waals surface area contributed by atoms with Gasteiger partial charge in [0.2, 0.25) is 0 Å². The van der Waals surface area contributed by atoms with Crippen molar-refractivity contribution in [1.29, 1.82) is 0 Å². The molecule has 0 saturated carbocycles. The first-order valence-electron chi connectivity index (χ1n) is 7.34. The van der Waals surface area contributed by atoms with Crippen molar-refractivity contribution in [2.75, 3.05) is 20.2 Å². The molecule has 2 aromatic rings. The van der Waals surface area contributed by atoms with Crippen LogP contribution in [-0.2, 0) is 6.54 Å². The smallest absolute Gasteiger partial charge is 0.335 e. The van der Waals surface area contributed by atoms with Crippen LogP contribution in [0.15, 0.2) is 54.6 Å². The Balaban J connectivity index is 1.69. The SMILES string of the molecule is CN(CCCOc1ccccc1)Cc1ccc(C(=O)O)cc1. The molecule has 0 aromatic heterocycles. The number of carboxylic acid groups (broad SMARTS) is 1. The lowest BCUT2D eigenvalue weighted by Crippen LogP contribution is -2.20. The number of hydrogen-bond donors (Lipinski definition) is 1. The van der Waals surface area contributed by atoms with Crippen molar-refractivity contribution < 1.29 is 14.6 Å². The number of ether oxygens (including phenoxy) is 1. The van der Waals surface area contributed by atoms with Crippen LogP contribution in [-0.4, -0.2) is 36.2 Å². The van der Waals surface area contributed by atoms with Crippen molar-refractivity contribution in [2.45, 2.75) is 13.0 Å². The Morgan fingerprint density at radius 1 is 1.09 bits per heavy atom. The number of para-hydroxylation sites is 1.